The molecule has 1 N–H and O–H groups in total. The van der Waals surface area contributed by atoms with Crippen molar-refractivity contribution in [1.82, 2.24) is 10.2 Å². The van der Waals surface area contributed by atoms with Gasteiger partial charge in [-0.15, -0.1) is 0 Å². The number of hydrogen-bond donors (Lipinski definition) is 1. The molecule has 0 radical (unpaired) electrons. The normalized spacial score (nSPS) is 12.4. The largest absolute Gasteiger partial charge is 0.352 e. The molecule has 2 amide bonds. The monoisotopic (exact) mass is 513 g/mol. The fourth-order valence-electron chi connectivity index (χ4n) is 3.27. The van der Waals surface area contributed by atoms with Crippen LogP contribution in [0.4, 0.5) is 5.69 Å². The SMILES string of the molecule is Cc1cc(Cl)ccc1N(CC(=O)N(Cc1ccc(Cl)cc1)[C@@H](C)C(=O)NC(C)C)S(C)(=O)=O. The van der Waals surface area contributed by atoms with E-state index in [4.69, 9.17) is 23.2 Å². The zero-order chi connectivity index (χ0) is 24.9. The predicted molar refractivity (Wildman–Crippen MR) is 133 cm³/mol. The van der Waals surface area contributed by atoms with E-state index < -0.39 is 28.5 Å². The van der Waals surface area contributed by atoms with Crippen molar-refractivity contribution in [1.29, 1.82) is 0 Å². The highest BCUT2D eigenvalue weighted by molar-refractivity contribution is 7.92. The maximum Gasteiger partial charge on any atom is 0.244 e. The lowest BCUT2D eigenvalue weighted by Crippen LogP contribution is -2.52. The molecule has 33 heavy (non-hydrogen) atoms. The lowest BCUT2D eigenvalue weighted by atomic mass is 10.1. The zero-order valence-electron chi connectivity index (χ0n) is 19.3. The third-order valence-electron chi connectivity index (χ3n) is 4.97. The van der Waals surface area contributed by atoms with Gasteiger partial charge in [0, 0.05) is 22.6 Å². The Kier molecular flexibility index (Phi) is 9.17. The summed E-state index contributed by atoms with van der Waals surface area (Å²) in [4.78, 5) is 27.5. The molecule has 2 aromatic carbocycles. The second-order valence-electron chi connectivity index (χ2n) is 8.19. The summed E-state index contributed by atoms with van der Waals surface area (Å²) in [5.41, 5.74) is 1.71. The number of amides is 2. The Balaban J connectivity index is 2.41. The lowest BCUT2D eigenvalue weighted by molar-refractivity contribution is -0.139. The van der Waals surface area contributed by atoms with E-state index in [1.165, 1.54) is 4.90 Å². The smallest absolute Gasteiger partial charge is 0.244 e. The maximum atomic E-state index is 13.4. The Hall–Kier alpha value is -2.29. The molecule has 0 aliphatic heterocycles. The van der Waals surface area contributed by atoms with Crippen LogP contribution >= 0.6 is 23.2 Å². The highest BCUT2D eigenvalue weighted by Gasteiger charge is 2.30. The van der Waals surface area contributed by atoms with Crippen molar-refractivity contribution in [3.05, 3.63) is 63.6 Å². The Labute approximate surface area is 205 Å². The van der Waals surface area contributed by atoms with E-state index in [2.05, 4.69) is 5.32 Å². The van der Waals surface area contributed by atoms with E-state index in [-0.39, 0.29) is 18.5 Å². The van der Waals surface area contributed by atoms with Gasteiger partial charge in [-0.2, -0.15) is 0 Å². The van der Waals surface area contributed by atoms with Crippen molar-refractivity contribution in [3.63, 3.8) is 0 Å². The van der Waals surface area contributed by atoms with Crippen LogP contribution in [-0.2, 0) is 26.2 Å². The predicted octanol–water partition coefficient (Wildman–Crippen LogP) is 4.01. The summed E-state index contributed by atoms with van der Waals surface area (Å²) in [6.45, 7) is 6.63. The molecule has 2 rings (SSSR count). The second kappa shape index (κ2) is 11.2. The highest BCUT2D eigenvalue weighted by atomic mass is 35.5. The lowest BCUT2D eigenvalue weighted by Gasteiger charge is -2.32. The fraction of sp³-hybridized carbons (Fsp3) is 0.391. The van der Waals surface area contributed by atoms with E-state index in [0.717, 1.165) is 16.1 Å². The molecule has 10 heteroatoms. The number of halogens is 2. The second-order valence-corrected chi connectivity index (χ2v) is 11.0. The van der Waals surface area contributed by atoms with Crippen LogP contribution in [0, 0.1) is 6.92 Å². The van der Waals surface area contributed by atoms with Crippen LogP contribution < -0.4 is 9.62 Å². The van der Waals surface area contributed by atoms with Gasteiger partial charge in [0.2, 0.25) is 21.8 Å². The van der Waals surface area contributed by atoms with Crippen molar-refractivity contribution < 1.29 is 18.0 Å². The molecule has 0 aliphatic carbocycles. The molecule has 0 aliphatic rings. The third kappa shape index (κ3) is 7.62. The topological polar surface area (TPSA) is 86.8 Å². The van der Waals surface area contributed by atoms with E-state index in [9.17, 15) is 18.0 Å². The molecule has 1 atom stereocenters. The molecule has 0 aromatic heterocycles. The molecule has 0 saturated heterocycles. The van der Waals surface area contributed by atoms with Crippen LogP contribution in [0.15, 0.2) is 42.5 Å². The first-order valence-corrected chi connectivity index (χ1v) is 13.0. The number of anilines is 1. The standard InChI is InChI=1S/C23H29Cl2N3O4S/c1-15(2)26-23(30)17(4)27(13-18-6-8-19(24)9-7-18)22(29)14-28(33(5,31)32)21-11-10-20(25)12-16(21)3/h6-12,15,17H,13-14H2,1-5H3,(H,26,30)/t17-/m0/s1. The van der Waals surface area contributed by atoms with Gasteiger partial charge >= 0.3 is 0 Å². The Morgan fingerprint density at radius 2 is 1.58 bits per heavy atom. The van der Waals surface area contributed by atoms with Crippen molar-refractivity contribution >= 4 is 50.7 Å². The Morgan fingerprint density at radius 1 is 1.00 bits per heavy atom. The summed E-state index contributed by atoms with van der Waals surface area (Å²) >= 11 is 12.0. The average molecular weight is 514 g/mol. The molecule has 0 unspecified atom stereocenters. The molecular weight excluding hydrogens is 485 g/mol. The first kappa shape index (κ1) is 27.0. The van der Waals surface area contributed by atoms with Crippen molar-refractivity contribution in [2.75, 3.05) is 17.1 Å². The molecule has 0 fully saturated rings. The molecule has 0 bridgehead atoms. The number of aryl methyl sites for hydroxylation is 1. The van der Waals surface area contributed by atoms with Crippen LogP contribution in [0.2, 0.25) is 10.0 Å². The molecule has 0 spiro atoms. The molecule has 180 valence electrons. The number of hydrogen-bond acceptors (Lipinski definition) is 4. The number of nitrogens with zero attached hydrogens (tertiary/aromatic N) is 2. The minimum Gasteiger partial charge on any atom is -0.352 e. The quantitative estimate of drug-likeness (QED) is 0.548. The van der Waals surface area contributed by atoms with Gasteiger partial charge in [-0.05, 0) is 69.2 Å². The van der Waals surface area contributed by atoms with Crippen LogP contribution in [0.25, 0.3) is 0 Å². The number of carbonyl (C=O) groups excluding carboxylic acids is 2. The minimum absolute atomic E-state index is 0.111. The maximum absolute atomic E-state index is 13.4. The first-order valence-electron chi connectivity index (χ1n) is 10.4. The molecule has 7 nitrogen and oxygen atoms in total. The van der Waals surface area contributed by atoms with Crippen molar-refractivity contribution in [3.8, 4) is 0 Å². The van der Waals surface area contributed by atoms with E-state index in [0.29, 0.717) is 21.3 Å². The molecule has 0 heterocycles. The highest BCUT2D eigenvalue weighted by Crippen LogP contribution is 2.26. The minimum atomic E-state index is -3.80. The van der Waals surface area contributed by atoms with E-state index >= 15 is 0 Å². The van der Waals surface area contributed by atoms with Crippen LogP contribution in [0.5, 0.6) is 0 Å². The zero-order valence-corrected chi connectivity index (χ0v) is 21.6. The molecule has 0 saturated carbocycles. The van der Waals surface area contributed by atoms with Gasteiger partial charge in [0.15, 0.2) is 0 Å². The Morgan fingerprint density at radius 3 is 2.09 bits per heavy atom. The first-order chi connectivity index (χ1) is 15.3. The number of carbonyl (C=O) groups is 2. The molecular formula is C23H29Cl2N3O4S. The summed E-state index contributed by atoms with van der Waals surface area (Å²) in [5.74, 6) is -0.850. The van der Waals surface area contributed by atoms with Crippen LogP contribution in [0.3, 0.4) is 0 Å². The fourth-order valence-corrected chi connectivity index (χ4v) is 4.53. The van der Waals surface area contributed by atoms with Gasteiger partial charge in [0.25, 0.3) is 0 Å². The van der Waals surface area contributed by atoms with Crippen molar-refractivity contribution in [2.24, 2.45) is 0 Å². The van der Waals surface area contributed by atoms with Gasteiger partial charge < -0.3 is 10.2 Å². The van der Waals surface area contributed by atoms with Crippen LogP contribution in [0.1, 0.15) is 31.9 Å². The van der Waals surface area contributed by atoms with E-state index in [1.807, 2.05) is 13.8 Å². The van der Waals surface area contributed by atoms with Gasteiger partial charge in [-0.3, -0.25) is 13.9 Å². The number of rotatable bonds is 9. The Bertz CT molecular complexity index is 1110. The summed E-state index contributed by atoms with van der Waals surface area (Å²) in [7, 11) is -3.80. The summed E-state index contributed by atoms with van der Waals surface area (Å²) in [6, 6.07) is 10.7. The van der Waals surface area contributed by atoms with Gasteiger partial charge in [0.1, 0.15) is 12.6 Å². The molecule has 2 aromatic rings. The number of sulfonamides is 1. The van der Waals surface area contributed by atoms with E-state index in [1.54, 1.807) is 56.3 Å². The van der Waals surface area contributed by atoms with Crippen LogP contribution in [-0.4, -0.2) is 50.0 Å². The summed E-state index contributed by atoms with van der Waals surface area (Å²) in [6.07, 6.45) is 1.03. The summed E-state index contributed by atoms with van der Waals surface area (Å²) in [5, 5.41) is 3.81. The van der Waals surface area contributed by atoms with Gasteiger partial charge in [0.05, 0.1) is 11.9 Å². The van der Waals surface area contributed by atoms with Crippen molar-refractivity contribution in [2.45, 2.75) is 46.3 Å². The number of nitrogens with one attached hydrogen (secondary N) is 1. The average Bonchev–Trinajstić information content (AvgIpc) is 2.70. The van der Waals surface area contributed by atoms with Gasteiger partial charge in [-0.25, -0.2) is 8.42 Å². The third-order valence-corrected chi connectivity index (χ3v) is 6.58. The van der Waals surface area contributed by atoms with Gasteiger partial charge in [-0.1, -0.05) is 35.3 Å². The summed E-state index contributed by atoms with van der Waals surface area (Å²) < 4.78 is 26.2. The number of benzene rings is 2.